The van der Waals surface area contributed by atoms with Crippen molar-refractivity contribution in [1.29, 1.82) is 0 Å². The van der Waals surface area contributed by atoms with Crippen LogP contribution < -0.4 is 14.8 Å². The second-order valence-electron chi connectivity index (χ2n) is 6.49. The highest BCUT2D eigenvalue weighted by Crippen LogP contribution is 2.33. The first-order chi connectivity index (χ1) is 13.6. The minimum Gasteiger partial charge on any atom is -0.464 e. The van der Waals surface area contributed by atoms with E-state index in [4.69, 9.17) is 13.9 Å². The maximum Gasteiger partial charge on any atom is 0.322 e. The van der Waals surface area contributed by atoms with Crippen LogP contribution in [0.1, 0.15) is 17.1 Å². The van der Waals surface area contributed by atoms with Crippen LogP contribution >= 0.6 is 15.9 Å². The third kappa shape index (κ3) is 4.31. The number of carbonyl (C=O) groups is 1. The van der Waals surface area contributed by atoms with Gasteiger partial charge in [-0.15, -0.1) is 0 Å². The summed E-state index contributed by atoms with van der Waals surface area (Å²) in [5.74, 6) is 2.95. The van der Waals surface area contributed by atoms with Gasteiger partial charge in [0.05, 0.1) is 6.54 Å². The summed E-state index contributed by atoms with van der Waals surface area (Å²) < 4.78 is 17.4. The Morgan fingerprint density at radius 2 is 1.82 bits per heavy atom. The lowest BCUT2D eigenvalue weighted by Gasteiger charge is -2.22. The van der Waals surface area contributed by atoms with E-state index in [1.165, 1.54) is 0 Å². The number of halogens is 1. The molecule has 0 radical (unpaired) electrons. The van der Waals surface area contributed by atoms with Gasteiger partial charge in [-0.05, 0) is 61.0 Å². The molecule has 2 aromatic carbocycles. The number of hydrogen-bond donors (Lipinski definition) is 1. The Bertz CT molecular complexity index is 984. The van der Waals surface area contributed by atoms with E-state index in [0.29, 0.717) is 18.8 Å². The summed E-state index contributed by atoms with van der Waals surface area (Å²) in [6, 6.07) is 16.7. The van der Waals surface area contributed by atoms with Crippen molar-refractivity contribution in [3.05, 3.63) is 76.2 Å². The Morgan fingerprint density at radius 1 is 1.04 bits per heavy atom. The predicted octanol–water partition coefficient (Wildman–Crippen LogP) is 5.31. The number of furan rings is 1. The first-order valence-corrected chi connectivity index (χ1v) is 9.61. The van der Waals surface area contributed by atoms with Gasteiger partial charge in [-0.25, -0.2) is 4.79 Å². The molecule has 3 aromatic rings. The highest BCUT2D eigenvalue weighted by Gasteiger charge is 2.19. The SMILES string of the molecule is Cc1ccc(CN(Cc2ccc3c(c2)OCO3)C(=O)Nc2ccc(Br)cc2)o1. The molecule has 7 heteroatoms. The second-order valence-corrected chi connectivity index (χ2v) is 7.41. The third-order valence-corrected chi connectivity index (χ3v) is 4.86. The number of rotatable bonds is 5. The molecule has 0 atom stereocenters. The molecule has 0 bridgehead atoms. The Labute approximate surface area is 171 Å². The van der Waals surface area contributed by atoms with Crippen molar-refractivity contribution >= 4 is 27.6 Å². The lowest BCUT2D eigenvalue weighted by molar-refractivity contribution is 0.174. The fourth-order valence-corrected chi connectivity index (χ4v) is 3.22. The van der Waals surface area contributed by atoms with Gasteiger partial charge < -0.3 is 24.1 Å². The fraction of sp³-hybridized carbons (Fsp3) is 0.190. The maximum atomic E-state index is 13.0. The molecule has 0 saturated heterocycles. The molecular formula is C21H19BrN2O4. The molecule has 2 heterocycles. The van der Waals surface area contributed by atoms with E-state index >= 15 is 0 Å². The van der Waals surface area contributed by atoms with Crippen LogP contribution in [0.2, 0.25) is 0 Å². The Balaban J connectivity index is 1.53. The molecule has 144 valence electrons. The second kappa shape index (κ2) is 7.98. The summed E-state index contributed by atoms with van der Waals surface area (Å²) in [4.78, 5) is 14.6. The minimum atomic E-state index is -0.214. The number of anilines is 1. The van der Waals surface area contributed by atoms with Gasteiger partial charge in [-0.1, -0.05) is 22.0 Å². The molecule has 1 aliphatic heterocycles. The van der Waals surface area contributed by atoms with Gasteiger partial charge in [0.2, 0.25) is 6.79 Å². The number of urea groups is 1. The Hall–Kier alpha value is -2.93. The van der Waals surface area contributed by atoms with Crippen LogP contribution in [0.15, 0.2) is 63.5 Å². The van der Waals surface area contributed by atoms with Gasteiger partial charge in [0, 0.05) is 16.7 Å². The average molecular weight is 443 g/mol. The highest BCUT2D eigenvalue weighted by atomic mass is 79.9. The van der Waals surface area contributed by atoms with E-state index in [2.05, 4.69) is 21.2 Å². The number of hydrogen-bond acceptors (Lipinski definition) is 4. The van der Waals surface area contributed by atoms with Crippen LogP contribution in [0, 0.1) is 6.92 Å². The van der Waals surface area contributed by atoms with Crippen LogP contribution in [0.5, 0.6) is 11.5 Å². The fourth-order valence-electron chi connectivity index (χ4n) is 2.95. The third-order valence-electron chi connectivity index (χ3n) is 4.34. The van der Waals surface area contributed by atoms with Crippen LogP contribution in [-0.2, 0) is 13.1 Å². The molecule has 0 saturated carbocycles. The van der Waals surface area contributed by atoms with Crippen molar-refractivity contribution in [1.82, 2.24) is 4.90 Å². The topological polar surface area (TPSA) is 63.9 Å². The van der Waals surface area contributed by atoms with Crippen LogP contribution in [0.25, 0.3) is 0 Å². The zero-order valence-electron chi connectivity index (χ0n) is 15.3. The van der Waals surface area contributed by atoms with E-state index < -0.39 is 0 Å². The smallest absolute Gasteiger partial charge is 0.322 e. The Morgan fingerprint density at radius 3 is 2.57 bits per heavy atom. The molecule has 0 unspecified atom stereocenters. The highest BCUT2D eigenvalue weighted by molar-refractivity contribution is 9.10. The largest absolute Gasteiger partial charge is 0.464 e. The molecule has 28 heavy (non-hydrogen) atoms. The molecule has 1 N–H and O–H groups in total. The zero-order chi connectivity index (χ0) is 19.5. The number of nitrogens with one attached hydrogen (secondary N) is 1. The summed E-state index contributed by atoms with van der Waals surface area (Å²) >= 11 is 3.40. The van der Waals surface area contributed by atoms with Crippen LogP contribution in [0.4, 0.5) is 10.5 Å². The molecule has 2 amide bonds. The van der Waals surface area contributed by atoms with Gasteiger partial charge in [0.25, 0.3) is 0 Å². The lowest BCUT2D eigenvalue weighted by Crippen LogP contribution is -2.34. The van der Waals surface area contributed by atoms with Crippen molar-refractivity contribution < 1.29 is 18.7 Å². The monoisotopic (exact) mass is 442 g/mol. The summed E-state index contributed by atoms with van der Waals surface area (Å²) in [6.07, 6.45) is 0. The molecule has 6 nitrogen and oxygen atoms in total. The van der Waals surface area contributed by atoms with E-state index in [9.17, 15) is 4.79 Å². The Kier molecular flexibility index (Phi) is 5.25. The predicted molar refractivity (Wildman–Crippen MR) is 108 cm³/mol. The van der Waals surface area contributed by atoms with Gasteiger partial charge in [0.15, 0.2) is 11.5 Å². The molecule has 0 fully saturated rings. The summed E-state index contributed by atoms with van der Waals surface area (Å²) in [5.41, 5.74) is 1.66. The lowest BCUT2D eigenvalue weighted by atomic mass is 10.2. The summed E-state index contributed by atoms with van der Waals surface area (Å²) in [5, 5.41) is 2.94. The number of ether oxygens (including phenoxy) is 2. The average Bonchev–Trinajstić information content (AvgIpc) is 3.31. The van der Waals surface area contributed by atoms with Crippen LogP contribution in [0.3, 0.4) is 0 Å². The summed E-state index contributed by atoms with van der Waals surface area (Å²) in [7, 11) is 0. The van der Waals surface area contributed by atoms with E-state index in [0.717, 1.165) is 33.0 Å². The minimum absolute atomic E-state index is 0.214. The van der Waals surface area contributed by atoms with Crippen molar-refractivity contribution in [2.24, 2.45) is 0 Å². The van der Waals surface area contributed by atoms with Crippen molar-refractivity contribution in [2.75, 3.05) is 12.1 Å². The molecule has 0 spiro atoms. The number of carbonyl (C=O) groups excluding carboxylic acids is 1. The number of benzene rings is 2. The normalized spacial score (nSPS) is 12.1. The summed E-state index contributed by atoms with van der Waals surface area (Å²) in [6.45, 7) is 2.86. The van der Waals surface area contributed by atoms with E-state index in [1.54, 1.807) is 4.90 Å². The number of fused-ring (bicyclic) bond motifs is 1. The number of amides is 2. The van der Waals surface area contributed by atoms with Crippen molar-refractivity contribution in [3.8, 4) is 11.5 Å². The quantitative estimate of drug-likeness (QED) is 0.580. The molecule has 1 aromatic heterocycles. The van der Waals surface area contributed by atoms with Gasteiger partial charge in [-0.3, -0.25) is 0 Å². The first-order valence-electron chi connectivity index (χ1n) is 8.82. The standard InChI is InChI=1S/C21H19BrN2O4/c1-14-2-8-18(28-14)12-24(21(25)23-17-6-4-16(22)5-7-17)11-15-3-9-19-20(10-15)27-13-26-19/h2-10H,11-13H2,1H3,(H,23,25). The molecule has 0 aliphatic carbocycles. The van der Waals surface area contributed by atoms with E-state index in [-0.39, 0.29) is 12.8 Å². The van der Waals surface area contributed by atoms with Crippen molar-refractivity contribution in [3.63, 3.8) is 0 Å². The van der Waals surface area contributed by atoms with Crippen LogP contribution in [-0.4, -0.2) is 17.7 Å². The molecule has 4 rings (SSSR count). The zero-order valence-corrected chi connectivity index (χ0v) is 16.9. The maximum absolute atomic E-state index is 13.0. The molecular weight excluding hydrogens is 424 g/mol. The van der Waals surface area contributed by atoms with Gasteiger partial charge in [-0.2, -0.15) is 0 Å². The molecule has 1 aliphatic rings. The van der Waals surface area contributed by atoms with Gasteiger partial charge >= 0.3 is 6.03 Å². The van der Waals surface area contributed by atoms with Crippen molar-refractivity contribution in [2.45, 2.75) is 20.0 Å². The van der Waals surface area contributed by atoms with Gasteiger partial charge in [0.1, 0.15) is 11.5 Å². The number of aryl methyl sites for hydroxylation is 1. The first kappa shape index (κ1) is 18.4. The van der Waals surface area contributed by atoms with E-state index in [1.807, 2.05) is 61.5 Å². The number of nitrogens with zero attached hydrogens (tertiary/aromatic N) is 1.